The molecule has 0 aliphatic carbocycles. The number of rotatable bonds is 2. The van der Waals surface area contributed by atoms with E-state index in [4.69, 9.17) is 23.2 Å². The van der Waals surface area contributed by atoms with Crippen molar-refractivity contribution in [3.63, 3.8) is 0 Å². The molecule has 0 aliphatic rings. The lowest BCUT2D eigenvalue weighted by Crippen LogP contribution is -2.14. The molecule has 0 fully saturated rings. The molecule has 0 saturated heterocycles. The zero-order valence-electron chi connectivity index (χ0n) is 9.88. The molecule has 0 unspecified atom stereocenters. The zero-order valence-corrected chi connectivity index (χ0v) is 11.4. The molecule has 0 saturated carbocycles. The summed E-state index contributed by atoms with van der Waals surface area (Å²) in [6, 6.07) is 5.84. The number of hydrogen-bond donors (Lipinski definition) is 1. The van der Waals surface area contributed by atoms with Crippen molar-refractivity contribution in [3.05, 3.63) is 57.6 Å². The lowest BCUT2D eigenvalue weighted by atomic mass is 10.2. The Labute approximate surface area is 119 Å². The number of carbonyl (C=O) groups is 1. The van der Waals surface area contributed by atoms with Crippen LogP contribution in [0, 0.1) is 12.7 Å². The second-order valence-corrected chi connectivity index (χ2v) is 4.67. The molecule has 1 heterocycles. The zero-order chi connectivity index (χ0) is 14.0. The summed E-state index contributed by atoms with van der Waals surface area (Å²) >= 11 is 11.3. The minimum atomic E-state index is -0.749. The number of aromatic nitrogens is 1. The molecule has 6 heteroatoms. The average molecular weight is 299 g/mol. The summed E-state index contributed by atoms with van der Waals surface area (Å²) in [5, 5.41) is 2.79. The molecule has 0 aliphatic heterocycles. The number of nitrogens with one attached hydrogen (secondary N) is 1. The maximum absolute atomic E-state index is 13.7. The van der Waals surface area contributed by atoms with E-state index in [0.717, 1.165) is 5.56 Å². The van der Waals surface area contributed by atoms with Crippen molar-refractivity contribution in [2.75, 3.05) is 5.32 Å². The Balaban J connectivity index is 2.28. The van der Waals surface area contributed by atoms with Gasteiger partial charge in [0.2, 0.25) is 0 Å². The van der Waals surface area contributed by atoms with Gasteiger partial charge in [0.15, 0.2) is 5.82 Å². The standard InChI is InChI=1S/C13H9Cl2FN2O/c1-7-5-11(15)17-6-10(7)18-13(19)8-3-2-4-9(14)12(8)16/h2-6H,1H3,(H,18,19). The SMILES string of the molecule is Cc1cc(Cl)ncc1NC(=O)c1cccc(Cl)c1F. The maximum Gasteiger partial charge on any atom is 0.258 e. The van der Waals surface area contributed by atoms with E-state index in [9.17, 15) is 9.18 Å². The van der Waals surface area contributed by atoms with Gasteiger partial charge in [0.05, 0.1) is 22.5 Å². The van der Waals surface area contributed by atoms with Gasteiger partial charge < -0.3 is 5.32 Å². The van der Waals surface area contributed by atoms with E-state index in [0.29, 0.717) is 10.8 Å². The molecule has 0 atom stereocenters. The van der Waals surface area contributed by atoms with Crippen molar-refractivity contribution in [2.45, 2.75) is 6.92 Å². The van der Waals surface area contributed by atoms with Crippen LogP contribution in [0.5, 0.6) is 0 Å². The van der Waals surface area contributed by atoms with Gasteiger partial charge in [-0.15, -0.1) is 0 Å². The van der Waals surface area contributed by atoms with E-state index >= 15 is 0 Å². The highest BCUT2D eigenvalue weighted by Crippen LogP contribution is 2.21. The Hall–Kier alpha value is -1.65. The third kappa shape index (κ3) is 3.03. The fraction of sp³-hybridized carbons (Fsp3) is 0.0769. The largest absolute Gasteiger partial charge is 0.320 e. The minimum Gasteiger partial charge on any atom is -0.320 e. The highest BCUT2D eigenvalue weighted by molar-refractivity contribution is 6.31. The molecule has 1 N–H and O–H groups in total. The lowest BCUT2D eigenvalue weighted by Gasteiger charge is -2.09. The first-order chi connectivity index (χ1) is 8.99. The van der Waals surface area contributed by atoms with Crippen LogP contribution in [-0.4, -0.2) is 10.9 Å². The first-order valence-corrected chi connectivity index (χ1v) is 6.12. The van der Waals surface area contributed by atoms with Crippen molar-refractivity contribution < 1.29 is 9.18 Å². The highest BCUT2D eigenvalue weighted by atomic mass is 35.5. The predicted octanol–water partition coefficient (Wildman–Crippen LogP) is 4.09. The summed E-state index contributed by atoms with van der Waals surface area (Å²) in [4.78, 5) is 15.8. The number of benzene rings is 1. The number of anilines is 1. The summed E-state index contributed by atoms with van der Waals surface area (Å²) in [5.41, 5.74) is 1.08. The molecular formula is C13H9Cl2FN2O. The fourth-order valence-corrected chi connectivity index (χ4v) is 1.91. The van der Waals surface area contributed by atoms with Crippen LogP contribution in [0.1, 0.15) is 15.9 Å². The van der Waals surface area contributed by atoms with Crippen molar-refractivity contribution in [1.82, 2.24) is 4.98 Å². The molecule has 2 rings (SSSR count). The minimum absolute atomic E-state index is 0.0985. The third-order valence-corrected chi connectivity index (χ3v) is 3.02. The summed E-state index contributed by atoms with van der Waals surface area (Å²) in [6.07, 6.45) is 1.41. The molecule has 1 aromatic carbocycles. The molecule has 0 radical (unpaired) electrons. The summed E-state index contributed by atoms with van der Waals surface area (Å²) in [5.74, 6) is -1.34. The third-order valence-electron chi connectivity index (χ3n) is 2.52. The van der Waals surface area contributed by atoms with E-state index in [1.807, 2.05) is 0 Å². The normalized spacial score (nSPS) is 10.3. The number of halogens is 3. The Morgan fingerprint density at radius 1 is 1.37 bits per heavy atom. The Bertz CT molecular complexity index is 647. The van der Waals surface area contributed by atoms with Gasteiger partial charge in [0.25, 0.3) is 5.91 Å². The molecule has 0 spiro atoms. The molecule has 19 heavy (non-hydrogen) atoms. The fourth-order valence-electron chi connectivity index (χ4n) is 1.52. The summed E-state index contributed by atoms with van der Waals surface area (Å²) in [7, 11) is 0. The van der Waals surface area contributed by atoms with Gasteiger partial charge in [-0.2, -0.15) is 0 Å². The van der Waals surface area contributed by atoms with Gasteiger partial charge in [-0.25, -0.2) is 9.37 Å². The summed E-state index contributed by atoms with van der Waals surface area (Å²) < 4.78 is 13.7. The predicted molar refractivity (Wildman–Crippen MR) is 73.3 cm³/mol. The van der Waals surface area contributed by atoms with Crippen molar-refractivity contribution in [2.24, 2.45) is 0 Å². The number of aryl methyl sites for hydroxylation is 1. The molecule has 3 nitrogen and oxygen atoms in total. The van der Waals surface area contributed by atoms with Gasteiger partial charge in [0, 0.05) is 0 Å². The second-order valence-electron chi connectivity index (χ2n) is 3.88. The van der Waals surface area contributed by atoms with Crippen molar-refractivity contribution >= 4 is 34.8 Å². The Morgan fingerprint density at radius 2 is 2.11 bits per heavy atom. The Kier molecular flexibility index (Phi) is 4.02. The van der Waals surface area contributed by atoms with Crippen LogP contribution >= 0.6 is 23.2 Å². The topological polar surface area (TPSA) is 42.0 Å². The van der Waals surface area contributed by atoms with Crippen LogP contribution in [0.3, 0.4) is 0 Å². The van der Waals surface area contributed by atoms with E-state index in [-0.39, 0.29) is 10.6 Å². The van der Waals surface area contributed by atoms with Crippen LogP contribution in [0.2, 0.25) is 10.2 Å². The van der Waals surface area contributed by atoms with E-state index < -0.39 is 11.7 Å². The van der Waals surface area contributed by atoms with E-state index in [1.54, 1.807) is 13.0 Å². The highest BCUT2D eigenvalue weighted by Gasteiger charge is 2.15. The molecule has 2 aromatic rings. The summed E-state index contributed by atoms with van der Waals surface area (Å²) in [6.45, 7) is 1.76. The molecule has 98 valence electrons. The van der Waals surface area contributed by atoms with Crippen LogP contribution in [-0.2, 0) is 0 Å². The van der Waals surface area contributed by atoms with Crippen LogP contribution in [0.25, 0.3) is 0 Å². The van der Waals surface area contributed by atoms with Gasteiger partial charge in [-0.1, -0.05) is 29.3 Å². The van der Waals surface area contributed by atoms with Crippen LogP contribution in [0.15, 0.2) is 30.5 Å². The maximum atomic E-state index is 13.7. The lowest BCUT2D eigenvalue weighted by molar-refractivity contribution is 0.102. The van der Waals surface area contributed by atoms with E-state index in [1.165, 1.54) is 24.4 Å². The number of nitrogens with zero attached hydrogens (tertiary/aromatic N) is 1. The van der Waals surface area contributed by atoms with Gasteiger partial charge in [-0.3, -0.25) is 4.79 Å². The van der Waals surface area contributed by atoms with Crippen LogP contribution < -0.4 is 5.32 Å². The molecule has 0 bridgehead atoms. The molecule has 1 aromatic heterocycles. The first-order valence-electron chi connectivity index (χ1n) is 5.36. The first kappa shape index (κ1) is 13.8. The van der Waals surface area contributed by atoms with Crippen molar-refractivity contribution in [3.8, 4) is 0 Å². The van der Waals surface area contributed by atoms with Gasteiger partial charge in [-0.05, 0) is 30.7 Å². The monoisotopic (exact) mass is 298 g/mol. The van der Waals surface area contributed by atoms with Gasteiger partial charge >= 0.3 is 0 Å². The smallest absolute Gasteiger partial charge is 0.258 e. The molecular weight excluding hydrogens is 290 g/mol. The van der Waals surface area contributed by atoms with Gasteiger partial charge in [0.1, 0.15) is 5.15 Å². The van der Waals surface area contributed by atoms with Crippen molar-refractivity contribution in [1.29, 1.82) is 0 Å². The molecule has 1 amide bonds. The number of carbonyl (C=O) groups excluding carboxylic acids is 1. The number of hydrogen-bond acceptors (Lipinski definition) is 2. The van der Waals surface area contributed by atoms with Crippen LogP contribution in [0.4, 0.5) is 10.1 Å². The average Bonchev–Trinajstić information content (AvgIpc) is 2.36. The quantitative estimate of drug-likeness (QED) is 0.849. The van der Waals surface area contributed by atoms with E-state index in [2.05, 4.69) is 10.3 Å². The second kappa shape index (κ2) is 5.55. The Morgan fingerprint density at radius 3 is 2.79 bits per heavy atom. The number of amides is 1. The number of pyridine rings is 1.